The summed E-state index contributed by atoms with van der Waals surface area (Å²) in [4.78, 5) is 25.4. The average molecular weight is 431 g/mol. The molecule has 0 saturated carbocycles. The Morgan fingerprint density at radius 2 is 2.06 bits per heavy atom. The van der Waals surface area contributed by atoms with Gasteiger partial charge in [-0.15, -0.1) is 0 Å². The van der Waals surface area contributed by atoms with Crippen LogP contribution in [0.5, 0.6) is 5.88 Å². The second-order valence-electron chi connectivity index (χ2n) is 7.27. The molecular formula is C21H23F2N5O3. The maximum Gasteiger partial charge on any atom is 0.280 e. The molecule has 0 atom stereocenters. The van der Waals surface area contributed by atoms with Crippen molar-refractivity contribution in [1.82, 2.24) is 19.4 Å². The van der Waals surface area contributed by atoms with Gasteiger partial charge in [0.25, 0.3) is 18.2 Å². The topological polar surface area (TPSA) is 90.6 Å². The van der Waals surface area contributed by atoms with E-state index in [1.54, 1.807) is 10.6 Å². The summed E-state index contributed by atoms with van der Waals surface area (Å²) in [6.07, 6.45) is 3.32. The lowest BCUT2D eigenvalue weighted by molar-refractivity contribution is 0.0846. The number of ether oxygens (including phenoxy) is 2. The first-order valence-corrected chi connectivity index (χ1v) is 10.2. The molecule has 164 valence electrons. The molecule has 0 bridgehead atoms. The van der Waals surface area contributed by atoms with E-state index in [0.717, 1.165) is 25.0 Å². The third-order valence-corrected chi connectivity index (χ3v) is 4.98. The molecule has 1 aliphatic heterocycles. The van der Waals surface area contributed by atoms with Crippen molar-refractivity contribution in [2.45, 2.75) is 38.5 Å². The van der Waals surface area contributed by atoms with Gasteiger partial charge >= 0.3 is 0 Å². The number of alkyl halides is 2. The zero-order chi connectivity index (χ0) is 21.8. The number of hydrogen-bond acceptors (Lipinski definition) is 6. The quantitative estimate of drug-likeness (QED) is 0.608. The molecule has 1 saturated heterocycles. The molecule has 1 aliphatic rings. The highest BCUT2D eigenvalue weighted by molar-refractivity contribution is 6.02. The van der Waals surface area contributed by atoms with Gasteiger partial charge in [-0.3, -0.25) is 9.20 Å². The predicted octanol–water partition coefficient (Wildman–Crippen LogP) is 4.00. The molecule has 31 heavy (non-hydrogen) atoms. The van der Waals surface area contributed by atoms with Gasteiger partial charge in [-0.25, -0.2) is 18.7 Å². The predicted molar refractivity (Wildman–Crippen MR) is 109 cm³/mol. The fourth-order valence-electron chi connectivity index (χ4n) is 3.41. The number of anilines is 1. The lowest BCUT2D eigenvalue weighted by Crippen LogP contribution is -2.16. The van der Waals surface area contributed by atoms with Crippen LogP contribution >= 0.6 is 0 Å². The molecule has 8 nitrogen and oxygen atoms in total. The number of amides is 1. The van der Waals surface area contributed by atoms with E-state index in [2.05, 4.69) is 15.3 Å². The minimum absolute atomic E-state index is 0.121. The van der Waals surface area contributed by atoms with Crippen molar-refractivity contribution in [2.24, 2.45) is 0 Å². The van der Waals surface area contributed by atoms with Crippen LogP contribution in [0.3, 0.4) is 0 Å². The minimum atomic E-state index is -2.76. The molecule has 1 amide bonds. The molecule has 3 aromatic rings. The summed E-state index contributed by atoms with van der Waals surface area (Å²) in [5.41, 5.74) is 0.898. The number of aromatic nitrogens is 4. The Labute approximate surface area is 177 Å². The first-order valence-electron chi connectivity index (χ1n) is 10.2. The summed E-state index contributed by atoms with van der Waals surface area (Å²) >= 11 is 0. The third kappa shape index (κ3) is 4.79. The Hall–Kier alpha value is -3.14. The Bertz CT molecular complexity index is 1070. The minimum Gasteiger partial charge on any atom is -0.475 e. The monoisotopic (exact) mass is 431 g/mol. The normalized spacial score (nSPS) is 14.8. The maximum absolute atomic E-state index is 12.9. The number of carbonyl (C=O) groups is 1. The summed E-state index contributed by atoms with van der Waals surface area (Å²) in [6, 6.07) is 3.91. The first-order chi connectivity index (χ1) is 15.0. The van der Waals surface area contributed by atoms with Crippen LogP contribution in [0.2, 0.25) is 0 Å². The van der Waals surface area contributed by atoms with E-state index in [0.29, 0.717) is 31.3 Å². The van der Waals surface area contributed by atoms with Crippen molar-refractivity contribution >= 4 is 17.4 Å². The van der Waals surface area contributed by atoms with E-state index >= 15 is 0 Å². The van der Waals surface area contributed by atoms with Gasteiger partial charge in [0, 0.05) is 25.3 Å². The molecule has 1 fully saturated rings. The fraction of sp³-hybridized carbons (Fsp3) is 0.429. The molecule has 10 heteroatoms. The number of rotatable bonds is 7. The van der Waals surface area contributed by atoms with Crippen LogP contribution in [0.4, 0.5) is 14.6 Å². The molecule has 3 aromatic heterocycles. The molecule has 4 heterocycles. The highest BCUT2D eigenvalue weighted by Crippen LogP contribution is 2.29. The van der Waals surface area contributed by atoms with E-state index < -0.39 is 18.0 Å². The Balaban J connectivity index is 1.63. The van der Waals surface area contributed by atoms with E-state index in [-0.39, 0.29) is 17.4 Å². The Kier molecular flexibility index (Phi) is 6.36. The second-order valence-corrected chi connectivity index (χ2v) is 7.27. The van der Waals surface area contributed by atoms with Gasteiger partial charge in [-0.1, -0.05) is 13.0 Å². The zero-order valence-corrected chi connectivity index (χ0v) is 17.1. The standard InChI is InChI=1S/C21H23F2N5O3/c1-2-8-31-21-19-25-16(13-6-9-30-10-7-13)11-28(19)12-17(27-21)26-20(29)15-5-3-4-14(24-15)18(22)23/h3-5,11-13,18H,2,6-10H2,1H3,(H,26,29). The van der Waals surface area contributed by atoms with Crippen LogP contribution in [0.1, 0.15) is 60.4 Å². The highest BCUT2D eigenvalue weighted by Gasteiger charge is 2.21. The van der Waals surface area contributed by atoms with Crippen LogP contribution in [0.15, 0.2) is 30.6 Å². The maximum atomic E-state index is 12.9. The summed E-state index contributed by atoms with van der Waals surface area (Å²) in [5.74, 6) is 0.156. The van der Waals surface area contributed by atoms with Crippen LogP contribution in [0, 0.1) is 0 Å². The molecule has 0 unspecified atom stereocenters. The summed E-state index contributed by atoms with van der Waals surface area (Å²) in [6.45, 7) is 3.81. The smallest absolute Gasteiger partial charge is 0.280 e. The van der Waals surface area contributed by atoms with Gasteiger partial charge in [0.05, 0.1) is 18.5 Å². The van der Waals surface area contributed by atoms with Crippen molar-refractivity contribution in [3.63, 3.8) is 0 Å². The van der Waals surface area contributed by atoms with Crippen molar-refractivity contribution in [1.29, 1.82) is 0 Å². The summed E-state index contributed by atoms with van der Waals surface area (Å²) in [7, 11) is 0. The van der Waals surface area contributed by atoms with Crippen LogP contribution in [-0.4, -0.2) is 45.1 Å². The molecule has 0 aromatic carbocycles. The van der Waals surface area contributed by atoms with Gasteiger partial charge in [0.2, 0.25) is 5.65 Å². The number of halogens is 2. The van der Waals surface area contributed by atoms with E-state index in [9.17, 15) is 13.6 Å². The third-order valence-electron chi connectivity index (χ3n) is 4.98. The number of fused-ring (bicyclic) bond motifs is 1. The number of pyridine rings is 1. The second kappa shape index (κ2) is 9.34. The zero-order valence-electron chi connectivity index (χ0n) is 17.1. The lowest BCUT2D eigenvalue weighted by atomic mass is 9.97. The number of nitrogens with zero attached hydrogens (tertiary/aromatic N) is 4. The number of nitrogens with one attached hydrogen (secondary N) is 1. The number of carbonyl (C=O) groups excluding carboxylic acids is 1. The molecule has 0 aliphatic carbocycles. The molecule has 1 N–H and O–H groups in total. The number of hydrogen-bond donors (Lipinski definition) is 1. The Morgan fingerprint density at radius 3 is 2.81 bits per heavy atom. The van der Waals surface area contributed by atoms with E-state index in [1.165, 1.54) is 18.2 Å². The molecule has 0 spiro atoms. The molecular weight excluding hydrogens is 408 g/mol. The lowest BCUT2D eigenvalue weighted by Gasteiger charge is -2.19. The van der Waals surface area contributed by atoms with Crippen molar-refractivity contribution in [2.75, 3.05) is 25.1 Å². The summed E-state index contributed by atoms with van der Waals surface area (Å²) < 4.78 is 38.8. The van der Waals surface area contributed by atoms with Gasteiger partial charge in [0.15, 0.2) is 5.82 Å². The van der Waals surface area contributed by atoms with Crippen molar-refractivity contribution in [3.8, 4) is 5.88 Å². The van der Waals surface area contributed by atoms with E-state index in [1.807, 2.05) is 13.1 Å². The molecule has 0 radical (unpaired) electrons. The molecule has 4 rings (SSSR count). The van der Waals surface area contributed by atoms with E-state index in [4.69, 9.17) is 14.5 Å². The number of imidazole rings is 1. The van der Waals surface area contributed by atoms with Gasteiger partial charge < -0.3 is 14.8 Å². The SMILES string of the molecule is CCCOc1nc(NC(=O)c2cccc(C(F)F)n2)cn2cc(C3CCOCC3)nc12. The van der Waals surface area contributed by atoms with Crippen molar-refractivity contribution in [3.05, 3.63) is 47.7 Å². The highest BCUT2D eigenvalue weighted by atomic mass is 19.3. The van der Waals surface area contributed by atoms with Crippen LogP contribution < -0.4 is 10.1 Å². The van der Waals surface area contributed by atoms with Gasteiger partial charge in [0.1, 0.15) is 11.4 Å². The fourth-order valence-corrected chi connectivity index (χ4v) is 3.41. The Morgan fingerprint density at radius 1 is 1.26 bits per heavy atom. The largest absolute Gasteiger partial charge is 0.475 e. The van der Waals surface area contributed by atoms with Crippen molar-refractivity contribution < 1.29 is 23.0 Å². The van der Waals surface area contributed by atoms with Crippen LogP contribution in [-0.2, 0) is 4.74 Å². The van der Waals surface area contributed by atoms with Crippen LogP contribution in [0.25, 0.3) is 5.65 Å². The van der Waals surface area contributed by atoms with Gasteiger partial charge in [-0.2, -0.15) is 4.98 Å². The summed E-state index contributed by atoms with van der Waals surface area (Å²) in [5, 5.41) is 2.62. The average Bonchev–Trinajstić information content (AvgIpc) is 3.22. The van der Waals surface area contributed by atoms with Gasteiger partial charge in [-0.05, 0) is 31.4 Å². The first kappa shape index (κ1) is 21.1.